The van der Waals surface area contributed by atoms with E-state index in [0.717, 1.165) is 16.9 Å². The fourth-order valence-electron chi connectivity index (χ4n) is 3.41. The number of carbonyl (C=O) groups excluding carboxylic acids is 3. The van der Waals surface area contributed by atoms with Crippen LogP contribution in [0.2, 0.25) is 0 Å². The SMILES string of the molecule is COc1cc(C)ccc1CC(C)OC(=O)CNC(=O)c1nccc(OC)c1OC(C)=O.Cc1ccc(O)cc1. The first-order chi connectivity index (χ1) is 18.5. The van der Waals surface area contributed by atoms with Crippen molar-refractivity contribution in [2.75, 3.05) is 20.8 Å². The van der Waals surface area contributed by atoms with Gasteiger partial charge in [0.25, 0.3) is 5.91 Å². The number of aromatic nitrogens is 1. The first-order valence-corrected chi connectivity index (χ1v) is 12.1. The number of benzene rings is 2. The Balaban J connectivity index is 0.000000568. The highest BCUT2D eigenvalue weighted by Crippen LogP contribution is 2.29. The molecule has 208 valence electrons. The van der Waals surface area contributed by atoms with E-state index in [-0.39, 0.29) is 23.7 Å². The van der Waals surface area contributed by atoms with Crippen LogP contribution in [0.15, 0.2) is 54.7 Å². The molecular weight excluding hydrogens is 504 g/mol. The van der Waals surface area contributed by atoms with Crippen molar-refractivity contribution in [2.24, 2.45) is 0 Å². The zero-order valence-electron chi connectivity index (χ0n) is 22.9. The molecule has 1 atom stereocenters. The summed E-state index contributed by atoms with van der Waals surface area (Å²) in [5.74, 6) is -0.875. The van der Waals surface area contributed by atoms with Crippen molar-refractivity contribution >= 4 is 17.8 Å². The number of nitrogens with zero attached hydrogens (tertiary/aromatic N) is 1. The third kappa shape index (κ3) is 9.99. The maximum Gasteiger partial charge on any atom is 0.325 e. The van der Waals surface area contributed by atoms with Crippen LogP contribution in [0.3, 0.4) is 0 Å². The quantitative estimate of drug-likeness (QED) is 0.389. The maximum absolute atomic E-state index is 12.5. The lowest BCUT2D eigenvalue weighted by molar-refractivity contribution is -0.146. The molecule has 1 amide bonds. The second kappa shape index (κ2) is 15.0. The normalized spacial score (nSPS) is 10.8. The van der Waals surface area contributed by atoms with E-state index < -0.39 is 23.9 Å². The van der Waals surface area contributed by atoms with Crippen molar-refractivity contribution < 1.29 is 38.4 Å². The average molecular weight is 539 g/mol. The number of amides is 1. The number of phenolic OH excluding ortho intramolecular Hbond substituents is 1. The summed E-state index contributed by atoms with van der Waals surface area (Å²) in [4.78, 5) is 39.9. The van der Waals surface area contributed by atoms with Crippen molar-refractivity contribution in [3.63, 3.8) is 0 Å². The van der Waals surface area contributed by atoms with Gasteiger partial charge in [0.15, 0.2) is 11.4 Å². The molecular formula is C29H34N2O8. The zero-order valence-corrected chi connectivity index (χ0v) is 22.9. The van der Waals surface area contributed by atoms with Crippen LogP contribution < -0.4 is 19.5 Å². The minimum atomic E-state index is -0.708. The topological polar surface area (TPSA) is 133 Å². The summed E-state index contributed by atoms with van der Waals surface area (Å²) in [6.45, 7) is 6.51. The number of aromatic hydroxyl groups is 1. The van der Waals surface area contributed by atoms with Gasteiger partial charge in [-0.25, -0.2) is 4.98 Å². The number of rotatable bonds is 9. The van der Waals surface area contributed by atoms with E-state index in [1.54, 1.807) is 26.2 Å². The van der Waals surface area contributed by atoms with Crippen molar-refractivity contribution in [1.29, 1.82) is 0 Å². The van der Waals surface area contributed by atoms with Crippen molar-refractivity contribution in [3.8, 4) is 23.0 Å². The van der Waals surface area contributed by atoms with Crippen molar-refractivity contribution in [2.45, 2.75) is 40.2 Å². The number of methoxy groups -OCH3 is 2. The number of aryl methyl sites for hydroxylation is 2. The Hall–Kier alpha value is -4.60. The van der Waals surface area contributed by atoms with Gasteiger partial charge in [0.2, 0.25) is 5.75 Å². The summed E-state index contributed by atoms with van der Waals surface area (Å²) in [5.41, 5.74) is 2.96. The van der Waals surface area contributed by atoms with Gasteiger partial charge in [0, 0.05) is 25.6 Å². The van der Waals surface area contributed by atoms with E-state index >= 15 is 0 Å². The first-order valence-electron chi connectivity index (χ1n) is 12.1. The number of hydrogen-bond donors (Lipinski definition) is 2. The lowest BCUT2D eigenvalue weighted by atomic mass is 10.1. The molecule has 2 N–H and O–H groups in total. The van der Waals surface area contributed by atoms with Gasteiger partial charge in [-0.1, -0.05) is 29.8 Å². The Labute approximate surface area is 227 Å². The fourth-order valence-corrected chi connectivity index (χ4v) is 3.41. The van der Waals surface area contributed by atoms with Gasteiger partial charge in [-0.05, 0) is 50.1 Å². The average Bonchev–Trinajstić information content (AvgIpc) is 2.90. The standard InChI is InChI=1S/C22H26N2O7.C7H8O/c1-13-6-7-16(18(10-13)29-5)11-14(2)30-19(26)12-24-22(27)20-21(31-15(3)25)17(28-4)8-9-23-20;1-6-2-4-7(8)5-3-6/h6-10,14H,11-12H2,1-5H3,(H,24,27);2-5,8H,1H3. The minimum Gasteiger partial charge on any atom is -0.508 e. The molecule has 3 rings (SSSR count). The predicted octanol–water partition coefficient (Wildman–Crippen LogP) is 3.94. The van der Waals surface area contributed by atoms with E-state index in [1.807, 2.05) is 44.2 Å². The number of ether oxygens (including phenoxy) is 4. The predicted molar refractivity (Wildman–Crippen MR) is 144 cm³/mol. The molecule has 0 bridgehead atoms. The fraction of sp³-hybridized carbons (Fsp3) is 0.310. The largest absolute Gasteiger partial charge is 0.508 e. The second-order valence-corrected chi connectivity index (χ2v) is 8.62. The van der Waals surface area contributed by atoms with Gasteiger partial charge in [-0.2, -0.15) is 0 Å². The number of phenols is 1. The molecule has 0 aliphatic rings. The summed E-state index contributed by atoms with van der Waals surface area (Å²) in [6, 6.07) is 14.3. The molecule has 0 saturated carbocycles. The molecule has 1 heterocycles. The lowest BCUT2D eigenvalue weighted by Crippen LogP contribution is -2.33. The first kappa shape index (κ1) is 30.6. The smallest absolute Gasteiger partial charge is 0.325 e. The lowest BCUT2D eigenvalue weighted by Gasteiger charge is -2.16. The van der Waals surface area contributed by atoms with Gasteiger partial charge < -0.3 is 29.4 Å². The molecule has 10 nitrogen and oxygen atoms in total. The van der Waals surface area contributed by atoms with Gasteiger partial charge in [-0.15, -0.1) is 0 Å². The molecule has 0 radical (unpaired) electrons. The van der Waals surface area contributed by atoms with Crippen LogP contribution in [0.4, 0.5) is 0 Å². The Kier molecular flexibility index (Phi) is 11.8. The molecule has 0 aliphatic heterocycles. The number of esters is 2. The van der Waals surface area contributed by atoms with E-state index in [2.05, 4.69) is 10.3 Å². The summed E-state index contributed by atoms with van der Waals surface area (Å²) in [5, 5.41) is 11.2. The molecule has 0 fully saturated rings. The highest BCUT2D eigenvalue weighted by molar-refractivity contribution is 5.98. The van der Waals surface area contributed by atoms with Crippen molar-refractivity contribution in [3.05, 3.63) is 77.1 Å². The summed E-state index contributed by atoms with van der Waals surface area (Å²) >= 11 is 0. The molecule has 10 heteroatoms. The Morgan fingerprint density at radius 3 is 2.18 bits per heavy atom. The molecule has 39 heavy (non-hydrogen) atoms. The Morgan fingerprint density at radius 1 is 0.949 bits per heavy atom. The molecule has 1 aromatic heterocycles. The monoisotopic (exact) mass is 538 g/mol. The van der Waals surface area contributed by atoms with Crippen LogP contribution in [0.5, 0.6) is 23.0 Å². The van der Waals surface area contributed by atoms with Crippen LogP contribution in [-0.4, -0.2) is 54.8 Å². The van der Waals surface area contributed by atoms with Crippen molar-refractivity contribution in [1.82, 2.24) is 10.3 Å². The molecule has 0 saturated heterocycles. The highest BCUT2D eigenvalue weighted by atomic mass is 16.6. The Morgan fingerprint density at radius 2 is 1.59 bits per heavy atom. The molecule has 0 aliphatic carbocycles. The maximum atomic E-state index is 12.5. The zero-order chi connectivity index (χ0) is 28.9. The van der Waals surface area contributed by atoms with Crippen LogP contribution in [-0.2, 0) is 20.7 Å². The molecule has 1 unspecified atom stereocenters. The molecule has 3 aromatic rings. The van der Waals surface area contributed by atoms with Crippen LogP contribution in [0.25, 0.3) is 0 Å². The number of nitrogens with one attached hydrogen (secondary N) is 1. The van der Waals surface area contributed by atoms with E-state index in [1.165, 1.54) is 31.9 Å². The van der Waals surface area contributed by atoms with Gasteiger partial charge >= 0.3 is 11.9 Å². The van der Waals surface area contributed by atoms with Gasteiger partial charge in [0.1, 0.15) is 24.1 Å². The number of pyridine rings is 1. The Bertz CT molecular complexity index is 1250. The third-order valence-corrected chi connectivity index (χ3v) is 5.26. The van der Waals surface area contributed by atoms with Gasteiger partial charge in [-0.3, -0.25) is 14.4 Å². The number of carbonyl (C=O) groups is 3. The van der Waals surface area contributed by atoms with E-state index in [9.17, 15) is 14.4 Å². The van der Waals surface area contributed by atoms with Crippen LogP contribution >= 0.6 is 0 Å². The van der Waals surface area contributed by atoms with E-state index in [4.69, 9.17) is 24.1 Å². The minimum absolute atomic E-state index is 0.122. The molecule has 0 spiro atoms. The van der Waals surface area contributed by atoms with Crippen LogP contribution in [0.1, 0.15) is 41.0 Å². The summed E-state index contributed by atoms with van der Waals surface area (Å²) in [7, 11) is 2.95. The highest BCUT2D eigenvalue weighted by Gasteiger charge is 2.22. The second-order valence-electron chi connectivity index (χ2n) is 8.62. The molecule has 2 aromatic carbocycles. The number of hydrogen-bond acceptors (Lipinski definition) is 9. The van der Waals surface area contributed by atoms with E-state index in [0.29, 0.717) is 12.2 Å². The summed E-state index contributed by atoms with van der Waals surface area (Å²) < 4.78 is 20.9. The third-order valence-electron chi connectivity index (χ3n) is 5.26. The summed E-state index contributed by atoms with van der Waals surface area (Å²) in [6.07, 6.45) is 1.35. The van der Waals surface area contributed by atoms with Gasteiger partial charge in [0.05, 0.1) is 14.2 Å². The van der Waals surface area contributed by atoms with Crippen LogP contribution in [0, 0.1) is 13.8 Å².